The fourth-order valence-corrected chi connectivity index (χ4v) is 9.90. The maximum Gasteiger partial charge on any atom is 0.160 e. The monoisotopic (exact) mass is 704 g/mol. The zero-order chi connectivity index (χ0) is 35.6. The van der Waals surface area contributed by atoms with Gasteiger partial charge in [-0.3, -0.25) is 0 Å². The first-order valence-electron chi connectivity index (χ1n) is 18.4. The highest BCUT2D eigenvalue weighted by Gasteiger charge is 2.50. The van der Waals surface area contributed by atoms with E-state index in [-0.39, 0.29) is 5.41 Å². The summed E-state index contributed by atoms with van der Waals surface area (Å²) >= 11 is 1.89. The molecule has 11 rings (SSSR count). The molecule has 0 bridgehead atoms. The van der Waals surface area contributed by atoms with E-state index in [1.54, 1.807) is 0 Å². The van der Waals surface area contributed by atoms with E-state index in [2.05, 4.69) is 176 Å². The van der Waals surface area contributed by atoms with Gasteiger partial charge in [-0.25, -0.2) is 9.97 Å². The minimum atomic E-state index is -0.376. The SMILES string of the molecule is c1ccc(-c2nc(-c3ccc(-c4ccc(-c5ccc6c(c5)C5(c7ccccc7S6)c6ccccc6-c6ccccc65)cc4)cc3)nc3ccccc23)cc1. The number of nitrogens with zero attached hydrogens (tertiary/aromatic N) is 2. The molecule has 0 amide bonds. The summed E-state index contributed by atoms with van der Waals surface area (Å²) in [7, 11) is 0. The molecule has 9 aromatic rings. The van der Waals surface area contributed by atoms with Crippen LogP contribution in [0.5, 0.6) is 0 Å². The summed E-state index contributed by atoms with van der Waals surface area (Å²) in [4.78, 5) is 12.7. The lowest BCUT2D eigenvalue weighted by Crippen LogP contribution is -2.32. The molecule has 0 N–H and O–H groups in total. The van der Waals surface area contributed by atoms with E-state index in [4.69, 9.17) is 9.97 Å². The smallest absolute Gasteiger partial charge is 0.160 e. The molecule has 2 aliphatic rings. The Morgan fingerprint density at radius 1 is 0.352 bits per heavy atom. The molecule has 54 heavy (non-hydrogen) atoms. The van der Waals surface area contributed by atoms with Crippen molar-refractivity contribution in [3.63, 3.8) is 0 Å². The second-order valence-corrected chi connectivity index (χ2v) is 15.2. The van der Waals surface area contributed by atoms with Crippen molar-refractivity contribution in [1.82, 2.24) is 9.97 Å². The third kappa shape index (κ3) is 4.68. The predicted molar refractivity (Wildman–Crippen MR) is 223 cm³/mol. The van der Waals surface area contributed by atoms with Crippen molar-refractivity contribution in [2.75, 3.05) is 0 Å². The molecule has 1 aromatic heterocycles. The molecule has 1 aliphatic heterocycles. The van der Waals surface area contributed by atoms with Gasteiger partial charge in [-0.2, -0.15) is 0 Å². The minimum absolute atomic E-state index is 0.376. The standard InChI is InChI=1S/C51H32N2S/c1-2-12-36(13-3-1)49-41-16-6-10-20-46(41)52-50(53-49)37-28-26-34(27-29-37)33-22-24-35(25-23-33)38-30-31-48-45(32-38)51(44-19-9-11-21-47(44)54-48)42-17-7-4-14-39(42)40-15-5-8-18-43(40)51/h1-32H. The summed E-state index contributed by atoms with van der Waals surface area (Å²) in [5.74, 6) is 0.730. The third-order valence-corrected chi connectivity index (χ3v) is 12.3. The van der Waals surface area contributed by atoms with Crippen molar-refractivity contribution in [2.45, 2.75) is 15.2 Å². The maximum absolute atomic E-state index is 5.07. The van der Waals surface area contributed by atoms with Crippen LogP contribution in [0.2, 0.25) is 0 Å². The van der Waals surface area contributed by atoms with Crippen LogP contribution in [0.4, 0.5) is 0 Å². The fourth-order valence-electron chi connectivity index (χ4n) is 8.72. The highest BCUT2D eigenvalue weighted by atomic mass is 32.2. The molecule has 252 valence electrons. The summed E-state index contributed by atoms with van der Waals surface area (Å²) in [5, 5.41) is 1.06. The van der Waals surface area contributed by atoms with Gasteiger partial charge in [0.1, 0.15) is 0 Å². The Labute approximate surface area is 318 Å². The molecule has 0 saturated heterocycles. The summed E-state index contributed by atoms with van der Waals surface area (Å²) in [6.45, 7) is 0. The van der Waals surface area contributed by atoms with Crippen molar-refractivity contribution >= 4 is 22.7 Å². The molecule has 8 aromatic carbocycles. The number of hydrogen-bond acceptors (Lipinski definition) is 3. The first kappa shape index (κ1) is 31.0. The first-order chi connectivity index (χ1) is 26.8. The lowest BCUT2D eigenvalue weighted by molar-refractivity contribution is 0.723. The maximum atomic E-state index is 5.07. The number of aromatic nitrogens is 2. The number of fused-ring (bicyclic) bond motifs is 10. The highest BCUT2D eigenvalue weighted by molar-refractivity contribution is 7.99. The molecular weight excluding hydrogens is 673 g/mol. The van der Waals surface area contributed by atoms with Crippen LogP contribution in [0, 0.1) is 0 Å². The molecule has 0 unspecified atom stereocenters. The van der Waals surface area contributed by atoms with Gasteiger partial charge in [0.2, 0.25) is 0 Å². The largest absolute Gasteiger partial charge is 0.228 e. The number of hydrogen-bond donors (Lipinski definition) is 0. The summed E-state index contributed by atoms with van der Waals surface area (Å²) in [6.07, 6.45) is 0. The van der Waals surface area contributed by atoms with E-state index in [0.717, 1.165) is 39.1 Å². The Balaban J connectivity index is 0.959. The quantitative estimate of drug-likeness (QED) is 0.182. The van der Waals surface area contributed by atoms with Crippen LogP contribution in [0.3, 0.4) is 0 Å². The van der Waals surface area contributed by atoms with E-state index in [1.807, 2.05) is 30.0 Å². The summed E-state index contributed by atoms with van der Waals surface area (Å²) in [5.41, 5.74) is 16.4. The van der Waals surface area contributed by atoms with Gasteiger partial charge in [0.05, 0.1) is 16.6 Å². The summed E-state index contributed by atoms with van der Waals surface area (Å²) < 4.78 is 0. The normalized spacial score (nSPS) is 13.3. The molecule has 0 radical (unpaired) electrons. The molecule has 3 heteroatoms. The lowest BCUT2D eigenvalue weighted by Gasteiger charge is -2.40. The molecule has 2 heterocycles. The zero-order valence-corrected chi connectivity index (χ0v) is 30.1. The second kappa shape index (κ2) is 12.3. The summed E-state index contributed by atoms with van der Waals surface area (Å²) in [6, 6.07) is 70.3. The van der Waals surface area contributed by atoms with Crippen LogP contribution in [-0.2, 0) is 5.41 Å². The van der Waals surface area contributed by atoms with Crippen LogP contribution in [0.1, 0.15) is 22.3 Å². The van der Waals surface area contributed by atoms with Crippen molar-refractivity contribution in [2.24, 2.45) is 0 Å². The van der Waals surface area contributed by atoms with Crippen LogP contribution >= 0.6 is 11.8 Å². The van der Waals surface area contributed by atoms with Crippen molar-refractivity contribution in [1.29, 1.82) is 0 Å². The van der Waals surface area contributed by atoms with E-state index < -0.39 is 0 Å². The minimum Gasteiger partial charge on any atom is -0.228 e. The van der Waals surface area contributed by atoms with E-state index in [9.17, 15) is 0 Å². The number of benzene rings is 8. The Hall–Kier alpha value is -6.55. The van der Waals surface area contributed by atoms with Gasteiger partial charge in [-0.1, -0.05) is 182 Å². The number of rotatable bonds is 4. The first-order valence-corrected chi connectivity index (χ1v) is 19.2. The Morgan fingerprint density at radius 2 is 0.870 bits per heavy atom. The van der Waals surface area contributed by atoms with Crippen LogP contribution in [0.15, 0.2) is 204 Å². The average molecular weight is 705 g/mol. The molecule has 1 aliphatic carbocycles. The Morgan fingerprint density at radius 3 is 1.57 bits per heavy atom. The molecule has 0 fully saturated rings. The van der Waals surface area contributed by atoms with Crippen LogP contribution in [0.25, 0.3) is 66.9 Å². The van der Waals surface area contributed by atoms with Crippen LogP contribution in [-0.4, -0.2) is 9.97 Å². The fraction of sp³-hybridized carbons (Fsp3) is 0.0196. The predicted octanol–water partition coefficient (Wildman–Crippen LogP) is 13.1. The lowest BCUT2D eigenvalue weighted by atomic mass is 9.67. The Kier molecular flexibility index (Phi) is 7.05. The highest BCUT2D eigenvalue weighted by Crippen LogP contribution is 2.62. The van der Waals surface area contributed by atoms with Crippen molar-refractivity contribution in [3.8, 4) is 56.0 Å². The third-order valence-electron chi connectivity index (χ3n) is 11.2. The molecule has 0 saturated carbocycles. The number of para-hydroxylation sites is 1. The molecule has 0 atom stereocenters. The van der Waals surface area contributed by atoms with E-state index in [0.29, 0.717) is 0 Å². The molecular formula is C51H32N2S. The Bertz CT molecular complexity index is 2850. The topological polar surface area (TPSA) is 25.8 Å². The van der Waals surface area contributed by atoms with Gasteiger partial charge in [0.25, 0.3) is 0 Å². The van der Waals surface area contributed by atoms with E-state index in [1.165, 1.54) is 59.9 Å². The van der Waals surface area contributed by atoms with Gasteiger partial charge in [-0.15, -0.1) is 0 Å². The molecule has 2 nitrogen and oxygen atoms in total. The molecule has 1 spiro atoms. The van der Waals surface area contributed by atoms with Gasteiger partial charge in [0, 0.05) is 26.3 Å². The van der Waals surface area contributed by atoms with Crippen molar-refractivity contribution in [3.05, 3.63) is 216 Å². The second-order valence-electron chi connectivity index (χ2n) is 14.1. The van der Waals surface area contributed by atoms with Gasteiger partial charge >= 0.3 is 0 Å². The van der Waals surface area contributed by atoms with Crippen LogP contribution < -0.4 is 0 Å². The van der Waals surface area contributed by atoms with Gasteiger partial charge < -0.3 is 0 Å². The van der Waals surface area contributed by atoms with Gasteiger partial charge in [-0.05, 0) is 79.9 Å². The average Bonchev–Trinajstić information content (AvgIpc) is 3.54. The van der Waals surface area contributed by atoms with Gasteiger partial charge in [0.15, 0.2) is 5.82 Å². The zero-order valence-electron chi connectivity index (χ0n) is 29.3. The van der Waals surface area contributed by atoms with E-state index >= 15 is 0 Å². The van der Waals surface area contributed by atoms with Crippen molar-refractivity contribution < 1.29 is 0 Å².